The van der Waals surface area contributed by atoms with Crippen molar-refractivity contribution < 1.29 is 0 Å². The van der Waals surface area contributed by atoms with E-state index in [2.05, 4.69) is 24.3 Å². The van der Waals surface area contributed by atoms with Crippen LogP contribution in [0.3, 0.4) is 0 Å². The Bertz CT molecular complexity index is 130. The van der Waals surface area contributed by atoms with Gasteiger partial charge in [0.1, 0.15) is 0 Å². The second-order valence-corrected chi connectivity index (χ2v) is 4.27. The highest BCUT2D eigenvalue weighted by Crippen LogP contribution is 2.21. The summed E-state index contributed by atoms with van der Waals surface area (Å²) in [6.07, 6.45) is 9.56. The molecule has 0 saturated heterocycles. The zero-order valence-electron chi connectivity index (χ0n) is 9.84. The van der Waals surface area contributed by atoms with Gasteiger partial charge in [0, 0.05) is 19.1 Å². The Morgan fingerprint density at radius 1 is 1.14 bits per heavy atom. The number of unbranched alkanes of at least 4 members (excludes halogenated alkanes) is 1. The maximum atomic E-state index is 4.62. The zero-order chi connectivity index (χ0) is 10.2. The van der Waals surface area contributed by atoms with Gasteiger partial charge in [0.2, 0.25) is 0 Å². The number of rotatable bonds is 6. The van der Waals surface area contributed by atoms with E-state index in [-0.39, 0.29) is 0 Å². The Labute approximate surface area is 89.0 Å². The fraction of sp³-hybridized carbons (Fsp3) is 1.00. The summed E-state index contributed by atoms with van der Waals surface area (Å²) in [5.74, 6) is 0. The molecule has 14 heavy (non-hydrogen) atoms. The molecule has 0 aromatic carbocycles. The summed E-state index contributed by atoms with van der Waals surface area (Å²) in [4.78, 5) is 0. The largest absolute Gasteiger partial charge is 0.224 e. The summed E-state index contributed by atoms with van der Waals surface area (Å²) in [6, 6.07) is 0.759. The van der Waals surface area contributed by atoms with Crippen LogP contribution in [0.4, 0.5) is 0 Å². The molecule has 0 heterocycles. The smallest absolute Gasteiger partial charge is 0.0278 e. The molecule has 1 aliphatic rings. The minimum absolute atomic E-state index is 0.759. The van der Waals surface area contributed by atoms with Crippen molar-refractivity contribution in [2.75, 3.05) is 13.1 Å². The van der Waals surface area contributed by atoms with Gasteiger partial charge < -0.3 is 0 Å². The third kappa shape index (κ3) is 3.97. The van der Waals surface area contributed by atoms with Crippen LogP contribution in [0.15, 0.2) is 0 Å². The predicted molar refractivity (Wildman–Crippen MR) is 61.2 cm³/mol. The first-order valence-corrected chi connectivity index (χ1v) is 6.32. The standard InChI is InChI=1S/C12H25N2/c1-3-5-11-14(13-4-2)12-9-7-6-8-10-12/h12H,3-11H2,1-2H3. The lowest BCUT2D eigenvalue weighted by molar-refractivity contribution is 0.0904. The first-order valence-electron chi connectivity index (χ1n) is 6.32. The Kier molecular flexibility index (Phi) is 6.20. The summed E-state index contributed by atoms with van der Waals surface area (Å²) in [7, 11) is 0. The minimum atomic E-state index is 0.759. The van der Waals surface area contributed by atoms with E-state index in [9.17, 15) is 0 Å². The van der Waals surface area contributed by atoms with Crippen LogP contribution < -0.4 is 5.43 Å². The van der Waals surface area contributed by atoms with E-state index in [1.807, 2.05) is 0 Å². The van der Waals surface area contributed by atoms with Crippen molar-refractivity contribution in [3.63, 3.8) is 0 Å². The molecule has 0 atom stereocenters. The molecule has 0 amide bonds. The van der Waals surface area contributed by atoms with Crippen LogP contribution in [-0.4, -0.2) is 24.1 Å². The average Bonchev–Trinajstić information content (AvgIpc) is 2.25. The van der Waals surface area contributed by atoms with Crippen molar-refractivity contribution >= 4 is 0 Å². The van der Waals surface area contributed by atoms with Gasteiger partial charge in [-0.1, -0.05) is 32.6 Å². The zero-order valence-corrected chi connectivity index (χ0v) is 9.84. The van der Waals surface area contributed by atoms with E-state index >= 15 is 0 Å². The van der Waals surface area contributed by atoms with Crippen LogP contribution in [0.5, 0.6) is 0 Å². The molecular formula is C12H25N2. The van der Waals surface area contributed by atoms with Crippen molar-refractivity contribution in [1.82, 2.24) is 10.4 Å². The first kappa shape index (κ1) is 12.0. The van der Waals surface area contributed by atoms with Gasteiger partial charge in [-0.2, -0.15) is 5.43 Å². The van der Waals surface area contributed by atoms with Crippen LogP contribution in [0.2, 0.25) is 0 Å². The highest BCUT2D eigenvalue weighted by Gasteiger charge is 2.20. The second kappa shape index (κ2) is 7.24. The van der Waals surface area contributed by atoms with Crippen molar-refractivity contribution in [3.8, 4) is 0 Å². The lowest BCUT2D eigenvalue weighted by Crippen LogP contribution is -2.42. The monoisotopic (exact) mass is 197 g/mol. The molecular weight excluding hydrogens is 172 g/mol. The molecule has 1 saturated carbocycles. The fourth-order valence-corrected chi connectivity index (χ4v) is 2.25. The van der Waals surface area contributed by atoms with Crippen molar-refractivity contribution in [2.24, 2.45) is 0 Å². The normalized spacial score (nSPS) is 19.1. The van der Waals surface area contributed by atoms with Crippen LogP contribution >= 0.6 is 0 Å². The first-order chi connectivity index (χ1) is 6.88. The van der Waals surface area contributed by atoms with E-state index in [4.69, 9.17) is 0 Å². The molecule has 0 unspecified atom stereocenters. The van der Waals surface area contributed by atoms with Gasteiger partial charge in [-0.05, 0) is 26.2 Å². The van der Waals surface area contributed by atoms with Gasteiger partial charge in [-0.25, -0.2) is 5.01 Å². The Morgan fingerprint density at radius 2 is 1.86 bits per heavy atom. The third-order valence-corrected chi connectivity index (χ3v) is 3.06. The van der Waals surface area contributed by atoms with Gasteiger partial charge in [0.25, 0.3) is 0 Å². The van der Waals surface area contributed by atoms with Gasteiger partial charge in [-0.15, -0.1) is 0 Å². The molecule has 1 aliphatic carbocycles. The molecule has 1 radical (unpaired) electrons. The summed E-state index contributed by atoms with van der Waals surface area (Å²) in [5.41, 5.74) is 4.62. The molecule has 2 heteroatoms. The molecule has 0 spiro atoms. The van der Waals surface area contributed by atoms with E-state index in [0.29, 0.717) is 0 Å². The summed E-state index contributed by atoms with van der Waals surface area (Å²) >= 11 is 0. The fourth-order valence-electron chi connectivity index (χ4n) is 2.25. The number of hydrogen-bond acceptors (Lipinski definition) is 1. The molecule has 1 rings (SSSR count). The van der Waals surface area contributed by atoms with Crippen LogP contribution in [-0.2, 0) is 0 Å². The highest BCUT2D eigenvalue weighted by atomic mass is 15.5. The third-order valence-electron chi connectivity index (χ3n) is 3.06. The van der Waals surface area contributed by atoms with Crippen molar-refractivity contribution in [2.45, 2.75) is 64.8 Å². The second-order valence-electron chi connectivity index (χ2n) is 4.27. The van der Waals surface area contributed by atoms with E-state index < -0.39 is 0 Å². The maximum Gasteiger partial charge on any atom is 0.0278 e. The quantitative estimate of drug-likeness (QED) is 0.598. The summed E-state index contributed by atoms with van der Waals surface area (Å²) in [6.45, 7) is 6.52. The number of nitrogens with zero attached hydrogens (tertiary/aromatic N) is 2. The minimum Gasteiger partial charge on any atom is -0.224 e. The Balaban J connectivity index is 2.30. The molecule has 83 valence electrons. The number of hydrogen-bond donors (Lipinski definition) is 0. The van der Waals surface area contributed by atoms with E-state index in [0.717, 1.165) is 12.6 Å². The van der Waals surface area contributed by atoms with Crippen LogP contribution in [0.25, 0.3) is 0 Å². The maximum absolute atomic E-state index is 4.62. The van der Waals surface area contributed by atoms with Crippen LogP contribution in [0.1, 0.15) is 58.8 Å². The Morgan fingerprint density at radius 3 is 2.43 bits per heavy atom. The average molecular weight is 197 g/mol. The van der Waals surface area contributed by atoms with Crippen LogP contribution in [0, 0.1) is 0 Å². The summed E-state index contributed by atoms with van der Waals surface area (Å²) in [5, 5.41) is 2.38. The molecule has 0 aliphatic heterocycles. The lowest BCUT2D eigenvalue weighted by atomic mass is 9.95. The topological polar surface area (TPSA) is 17.3 Å². The molecule has 1 fully saturated rings. The van der Waals surface area contributed by atoms with Gasteiger partial charge in [0.15, 0.2) is 0 Å². The molecule has 2 nitrogen and oxygen atoms in total. The molecule has 0 aromatic heterocycles. The lowest BCUT2D eigenvalue weighted by Gasteiger charge is -2.32. The predicted octanol–water partition coefficient (Wildman–Crippen LogP) is 2.96. The van der Waals surface area contributed by atoms with Gasteiger partial charge >= 0.3 is 0 Å². The summed E-state index contributed by atoms with van der Waals surface area (Å²) < 4.78 is 0. The van der Waals surface area contributed by atoms with Gasteiger partial charge in [-0.3, -0.25) is 0 Å². The SMILES string of the molecule is CCCCN([N]CC)C1CCCCC1. The van der Waals surface area contributed by atoms with Gasteiger partial charge in [0.05, 0.1) is 0 Å². The van der Waals surface area contributed by atoms with E-state index in [1.54, 1.807) is 0 Å². The Hall–Kier alpha value is -0.0800. The highest BCUT2D eigenvalue weighted by molar-refractivity contribution is 4.73. The molecule has 0 bridgehead atoms. The van der Waals surface area contributed by atoms with E-state index in [1.165, 1.54) is 51.5 Å². The molecule has 0 N–H and O–H groups in total. The van der Waals surface area contributed by atoms with Crippen molar-refractivity contribution in [1.29, 1.82) is 0 Å². The molecule has 0 aromatic rings. The van der Waals surface area contributed by atoms with Crippen molar-refractivity contribution in [3.05, 3.63) is 0 Å².